The number of aromatic amines is 1. The molecule has 13 heavy (non-hydrogen) atoms. The van der Waals surface area contributed by atoms with Gasteiger partial charge in [0.2, 0.25) is 0 Å². The Kier molecular flexibility index (Phi) is 1.84. The molecule has 4 nitrogen and oxygen atoms in total. The van der Waals surface area contributed by atoms with E-state index >= 15 is 0 Å². The number of hydrogen-bond acceptors (Lipinski definition) is 2. The van der Waals surface area contributed by atoms with Crippen molar-refractivity contribution in [2.75, 3.05) is 0 Å². The molecule has 5 heteroatoms. The lowest BCUT2D eigenvalue weighted by molar-refractivity contribution is 0.908. The molecule has 0 fully saturated rings. The third-order valence-electron chi connectivity index (χ3n) is 1.91. The predicted octanol–water partition coefficient (Wildman–Crippen LogP) is 1.87. The topological polar surface area (TPSA) is 46.5 Å². The van der Waals surface area contributed by atoms with Gasteiger partial charge in [-0.1, -0.05) is 11.6 Å². The van der Waals surface area contributed by atoms with Gasteiger partial charge in [-0.3, -0.25) is 9.67 Å². The fourth-order valence-corrected chi connectivity index (χ4v) is 1.34. The van der Waals surface area contributed by atoms with E-state index in [9.17, 15) is 0 Å². The number of H-pyrrole nitrogens is 1. The molecule has 1 N–H and O–H groups in total. The average Bonchev–Trinajstić information content (AvgIpc) is 2.62. The van der Waals surface area contributed by atoms with E-state index in [1.165, 1.54) is 0 Å². The largest absolute Gasteiger partial charge is 0.285 e. The number of hydrogen-bond donors (Lipinski definition) is 1. The molecule has 0 saturated heterocycles. The molecule has 0 amide bonds. The van der Waals surface area contributed by atoms with Gasteiger partial charge >= 0.3 is 0 Å². The molecular formula is C8H9ClN4. The Bertz CT molecular complexity index is 429. The molecule has 68 valence electrons. The Morgan fingerprint density at radius 3 is 2.69 bits per heavy atom. The van der Waals surface area contributed by atoms with Gasteiger partial charge in [-0.05, 0) is 13.8 Å². The second-order valence-electron chi connectivity index (χ2n) is 2.83. The second kappa shape index (κ2) is 2.88. The van der Waals surface area contributed by atoms with Crippen LogP contribution >= 0.6 is 11.6 Å². The van der Waals surface area contributed by atoms with Crippen LogP contribution in [-0.4, -0.2) is 19.7 Å². The molecule has 2 heterocycles. The number of imidazole rings is 1. The van der Waals surface area contributed by atoms with Crippen LogP contribution in [0.3, 0.4) is 0 Å². The second-order valence-corrected chi connectivity index (χ2v) is 3.21. The lowest BCUT2D eigenvalue weighted by Gasteiger charge is -1.99. The van der Waals surface area contributed by atoms with Gasteiger partial charge in [0.05, 0.1) is 5.69 Å². The van der Waals surface area contributed by atoms with Gasteiger partial charge in [-0.2, -0.15) is 5.10 Å². The molecule has 2 rings (SSSR count). The summed E-state index contributed by atoms with van der Waals surface area (Å²) < 4.78 is 1.84. The van der Waals surface area contributed by atoms with E-state index in [2.05, 4.69) is 15.2 Å². The number of nitrogens with one attached hydrogen (secondary N) is 1. The fourth-order valence-electron chi connectivity index (χ4n) is 1.16. The summed E-state index contributed by atoms with van der Waals surface area (Å²) in [5, 5.41) is 7.55. The lowest BCUT2D eigenvalue weighted by atomic mass is 10.4. The van der Waals surface area contributed by atoms with Crippen LogP contribution < -0.4 is 0 Å². The third-order valence-corrected chi connectivity index (χ3v) is 2.36. The zero-order valence-electron chi connectivity index (χ0n) is 7.37. The first-order valence-corrected chi connectivity index (χ1v) is 4.28. The lowest BCUT2D eigenvalue weighted by Crippen LogP contribution is -1.96. The Labute approximate surface area is 80.6 Å². The van der Waals surface area contributed by atoms with Gasteiger partial charge in [-0.15, -0.1) is 0 Å². The van der Waals surface area contributed by atoms with Crippen LogP contribution in [0.5, 0.6) is 0 Å². The quantitative estimate of drug-likeness (QED) is 0.757. The van der Waals surface area contributed by atoms with Crippen LogP contribution in [-0.2, 0) is 0 Å². The van der Waals surface area contributed by atoms with Crippen molar-refractivity contribution < 1.29 is 0 Å². The van der Waals surface area contributed by atoms with E-state index in [0.29, 0.717) is 10.8 Å². The first-order valence-electron chi connectivity index (χ1n) is 3.91. The van der Waals surface area contributed by atoms with Crippen molar-refractivity contribution in [3.8, 4) is 5.82 Å². The van der Waals surface area contributed by atoms with Crippen molar-refractivity contribution in [1.29, 1.82) is 0 Å². The molecule has 2 aromatic rings. The van der Waals surface area contributed by atoms with Crippen LogP contribution in [0.25, 0.3) is 5.82 Å². The zero-order chi connectivity index (χ0) is 9.42. The van der Waals surface area contributed by atoms with E-state index in [-0.39, 0.29) is 0 Å². The third kappa shape index (κ3) is 1.23. The highest BCUT2D eigenvalue weighted by atomic mass is 35.5. The van der Waals surface area contributed by atoms with Gasteiger partial charge < -0.3 is 0 Å². The molecule has 0 aromatic carbocycles. The van der Waals surface area contributed by atoms with Gasteiger partial charge in [0.25, 0.3) is 0 Å². The van der Waals surface area contributed by atoms with Gasteiger partial charge in [-0.25, -0.2) is 4.98 Å². The van der Waals surface area contributed by atoms with Crippen molar-refractivity contribution in [3.63, 3.8) is 0 Å². The minimum absolute atomic E-state index is 0.640. The maximum absolute atomic E-state index is 6.03. The molecule has 0 aliphatic carbocycles. The maximum atomic E-state index is 6.03. The minimum atomic E-state index is 0.640. The summed E-state index contributed by atoms with van der Waals surface area (Å²) in [6.45, 7) is 3.78. The van der Waals surface area contributed by atoms with Gasteiger partial charge in [0.1, 0.15) is 10.8 Å². The van der Waals surface area contributed by atoms with Gasteiger partial charge in [0.15, 0.2) is 5.82 Å². The standard InChI is InChI=1S/C8H9ClN4/c1-5-7(9)8(12-11-5)13-4-3-10-6(13)2/h3-4H,1-2H3,(H,11,12). The number of rotatable bonds is 1. The summed E-state index contributed by atoms with van der Waals surface area (Å²) in [6, 6.07) is 0. The Balaban J connectivity index is 2.59. The predicted molar refractivity (Wildman–Crippen MR) is 50.2 cm³/mol. The summed E-state index contributed by atoms with van der Waals surface area (Å²) in [5.41, 5.74) is 0.866. The monoisotopic (exact) mass is 196 g/mol. The molecule has 0 saturated carbocycles. The smallest absolute Gasteiger partial charge is 0.179 e. The summed E-state index contributed by atoms with van der Waals surface area (Å²) in [5.74, 6) is 1.57. The summed E-state index contributed by atoms with van der Waals surface area (Å²) in [4.78, 5) is 4.09. The molecule has 0 aliphatic heterocycles. The number of aryl methyl sites for hydroxylation is 2. The van der Waals surface area contributed by atoms with Crippen LogP contribution in [0.4, 0.5) is 0 Å². The SMILES string of the molecule is Cc1[nH]nc(-n2ccnc2C)c1Cl. The summed E-state index contributed by atoms with van der Waals surface area (Å²) in [6.07, 6.45) is 3.55. The summed E-state index contributed by atoms with van der Waals surface area (Å²) >= 11 is 6.03. The van der Waals surface area contributed by atoms with E-state index in [0.717, 1.165) is 11.5 Å². The van der Waals surface area contributed by atoms with E-state index < -0.39 is 0 Å². The molecule has 0 bridgehead atoms. The fraction of sp³-hybridized carbons (Fsp3) is 0.250. The van der Waals surface area contributed by atoms with Crippen molar-refractivity contribution in [3.05, 3.63) is 28.9 Å². The molecule has 0 radical (unpaired) electrons. The Morgan fingerprint density at radius 2 is 2.23 bits per heavy atom. The molecular weight excluding hydrogens is 188 g/mol. The van der Waals surface area contributed by atoms with Crippen molar-refractivity contribution in [2.45, 2.75) is 13.8 Å². The van der Waals surface area contributed by atoms with E-state index in [1.54, 1.807) is 6.20 Å². The highest BCUT2D eigenvalue weighted by Crippen LogP contribution is 2.21. The summed E-state index contributed by atoms with van der Waals surface area (Å²) in [7, 11) is 0. The average molecular weight is 197 g/mol. The zero-order valence-corrected chi connectivity index (χ0v) is 8.13. The van der Waals surface area contributed by atoms with Crippen molar-refractivity contribution in [2.24, 2.45) is 0 Å². The maximum Gasteiger partial charge on any atom is 0.179 e. The van der Waals surface area contributed by atoms with E-state index in [4.69, 9.17) is 11.6 Å². The molecule has 0 aliphatic rings. The molecule has 0 spiro atoms. The highest BCUT2D eigenvalue weighted by molar-refractivity contribution is 6.32. The number of halogens is 1. The Hall–Kier alpha value is -1.29. The first kappa shape index (κ1) is 8.31. The van der Waals surface area contributed by atoms with Crippen molar-refractivity contribution >= 4 is 11.6 Å². The number of aromatic nitrogens is 4. The van der Waals surface area contributed by atoms with Crippen LogP contribution in [0.15, 0.2) is 12.4 Å². The van der Waals surface area contributed by atoms with Crippen LogP contribution in [0.2, 0.25) is 5.02 Å². The minimum Gasteiger partial charge on any atom is -0.285 e. The first-order chi connectivity index (χ1) is 6.20. The van der Waals surface area contributed by atoms with Crippen LogP contribution in [0.1, 0.15) is 11.5 Å². The highest BCUT2D eigenvalue weighted by Gasteiger charge is 2.10. The molecule has 2 aromatic heterocycles. The Morgan fingerprint density at radius 1 is 1.46 bits per heavy atom. The van der Waals surface area contributed by atoms with E-state index in [1.807, 2.05) is 24.6 Å². The van der Waals surface area contributed by atoms with Crippen molar-refractivity contribution in [1.82, 2.24) is 19.7 Å². The molecule has 0 atom stereocenters. The number of nitrogens with zero attached hydrogens (tertiary/aromatic N) is 3. The van der Waals surface area contributed by atoms with Gasteiger partial charge in [0, 0.05) is 12.4 Å². The molecule has 0 unspecified atom stereocenters. The normalized spacial score (nSPS) is 10.7. The van der Waals surface area contributed by atoms with Crippen LogP contribution in [0, 0.1) is 13.8 Å².